The molecule has 1 aliphatic heterocycles. The second-order valence-corrected chi connectivity index (χ2v) is 11.1. The molecule has 1 heterocycles. The van der Waals surface area contributed by atoms with Gasteiger partial charge in [0.05, 0.1) is 32.9 Å². The van der Waals surface area contributed by atoms with Crippen LogP contribution >= 0.6 is 23.2 Å². The molecule has 1 saturated heterocycles. The van der Waals surface area contributed by atoms with Gasteiger partial charge in [-0.3, -0.25) is 29.3 Å². The minimum atomic E-state index is -0.838. The molecule has 2 aliphatic rings. The second-order valence-electron chi connectivity index (χ2n) is 10.3. The van der Waals surface area contributed by atoms with Crippen molar-refractivity contribution < 1.29 is 33.6 Å². The lowest BCUT2D eigenvalue weighted by molar-refractivity contribution is -0.384. The highest BCUT2D eigenvalue weighted by Gasteiger charge is 2.53. The average molecular weight is 636 g/mol. The van der Waals surface area contributed by atoms with Crippen LogP contribution in [0.25, 0.3) is 0 Å². The molecule has 1 aliphatic carbocycles. The summed E-state index contributed by atoms with van der Waals surface area (Å²) in [5, 5.41) is 12.6. The van der Waals surface area contributed by atoms with Crippen molar-refractivity contribution in [3.05, 3.63) is 116 Å². The highest BCUT2D eigenvalue weighted by Crippen LogP contribution is 2.39. The normalized spacial score (nSPS) is 19.0. The number of nitro groups is 1. The summed E-state index contributed by atoms with van der Waals surface area (Å²) in [6.45, 7) is 1.14. The van der Waals surface area contributed by atoms with E-state index in [1.807, 2.05) is 19.1 Å². The summed E-state index contributed by atoms with van der Waals surface area (Å²) >= 11 is 12.3. The number of esters is 1. The third kappa shape index (κ3) is 5.97. The van der Waals surface area contributed by atoms with Crippen LogP contribution in [0.15, 0.2) is 78.9 Å². The highest BCUT2D eigenvalue weighted by molar-refractivity contribution is 6.36. The van der Waals surface area contributed by atoms with E-state index in [9.17, 15) is 34.1 Å². The molecular weight excluding hydrogens is 613 g/mol. The number of rotatable bonds is 8. The molecule has 3 amide bonds. The Labute approximate surface area is 260 Å². The zero-order chi connectivity index (χ0) is 31.7. The minimum absolute atomic E-state index is 0.0225. The van der Waals surface area contributed by atoms with Crippen LogP contribution in [0.1, 0.15) is 44.4 Å². The number of hydrazine groups is 1. The molecule has 44 heavy (non-hydrogen) atoms. The summed E-state index contributed by atoms with van der Waals surface area (Å²) in [7, 11) is 0. The zero-order valence-electron chi connectivity index (χ0n) is 23.0. The number of amides is 3. The first kappa shape index (κ1) is 30.6. The average Bonchev–Trinajstić information content (AvgIpc) is 3.25. The van der Waals surface area contributed by atoms with E-state index in [4.69, 9.17) is 27.9 Å². The van der Waals surface area contributed by atoms with Crippen LogP contribution in [0.2, 0.25) is 10.0 Å². The van der Waals surface area contributed by atoms with Crippen molar-refractivity contribution in [1.29, 1.82) is 0 Å². The van der Waals surface area contributed by atoms with Gasteiger partial charge in [0, 0.05) is 22.7 Å². The van der Waals surface area contributed by atoms with Gasteiger partial charge in [0.25, 0.3) is 23.4 Å². The standard InChI is InChI=1S/C31H23Cl2N3O8/c1-17-3-2-4-24-27(17)30(40)35(29(24)39)34(28(38)23-14-9-20(32)15-25(23)33)16-26(37)18-7-12-22(13-8-18)44-31(41)19-5-10-21(11-6-19)36(42)43/h2-3,5-15,17,24,27H,4,16H2,1H3/t17-,24-,27+/m1/s1. The fourth-order valence-corrected chi connectivity index (χ4v) is 5.71. The number of ketones is 1. The van der Waals surface area contributed by atoms with Crippen LogP contribution in [0.3, 0.4) is 0 Å². The number of non-ortho nitro benzene ring substituents is 1. The Balaban J connectivity index is 1.38. The van der Waals surface area contributed by atoms with Crippen molar-refractivity contribution in [1.82, 2.24) is 10.0 Å². The summed E-state index contributed by atoms with van der Waals surface area (Å²) in [5.74, 6) is -4.90. The van der Waals surface area contributed by atoms with E-state index >= 15 is 0 Å². The number of Topliss-reactive ketones (excluding diaryl/α,β-unsaturated/α-hetero) is 1. The van der Waals surface area contributed by atoms with Gasteiger partial charge in [-0.25, -0.2) is 9.80 Å². The summed E-state index contributed by atoms with van der Waals surface area (Å²) in [6.07, 6.45) is 4.00. The van der Waals surface area contributed by atoms with E-state index < -0.39 is 52.8 Å². The van der Waals surface area contributed by atoms with Crippen LogP contribution in [-0.4, -0.2) is 51.0 Å². The first-order valence-corrected chi connectivity index (χ1v) is 14.1. The first-order valence-electron chi connectivity index (χ1n) is 13.4. The Kier molecular flexibility index (Phi) is 8.61. The number of ether oxygens (including phenoxy) is 1. The third-order valence-electron chi connectivity index (χ3n) is 7.48. The van der Waals surface area contributed by atoms with Crippen molar-refractivity contribution in [2.75, 3.05) is 6.54 Å². The lowest BCUT2D eigenvalue weighted by Crippen LogP contribution is -2.52. The second kappa shape index (κ2) is 12.4. The molecule has 0 saturated carbocycles. The SMILES string of the molecule is C[C@@H]1C=CC[C@H]2C(=O)N(N(CC(=O)c3ccc(OC(=O)c4ccc([N+](=O)[O-])cc4)cc3)C(=O)c3ccc(Cl)cc3Cl)C(=O)[C@@H]12. The predicted molar refractivity (Wildman–Crippen MR) is 158 cm³/mol. The van der Waals surface area contributed by atoms with Gasteiger partial charge < -0.3 is 4.74 Å². The monoisotopic (exact) mass is 635 g/mol. The van der Waals surface area contributed by atoms with Crippen LogP contribution < -0.4 is 4.74 Å². The van der Waals surface area contributed by atoms with Gasteiger partial charge in [-0.05, 0) is 66.9 Å². The third-order valence-corrected chi connectivity index (χ3v) is 8.03. The van der Waals surface area contributed by atoms with E-state index in [1.165, 1.54) is 66.7 Å². The lowest BCUT2D eigenvalue weighted by atomic mass is 9.78. The molecule has 0 spiro atoms. The molecule has 1 fully saturated rings. The molecule has 0 bridgehead atoms. The lowest BCUT2D eigenvalue weighted by Gasteiger charge is -2.30. The van der Waals surface area contributed by atoms with Gasteiger partial charge in [-0.2, -0.15) is 5.01 Å². The number of hydrogen-bond donors (Lipinski definition) is 0. The first-order chi connectivity index (χ1) is 21.0. The minimum Gasteiger partial charge on any atom is -0.423 e. The molecule has 3 atom stereocenters. The number of hydrogen-bond acceptors (Lipinski definition) is 8. The van der Waals surface area contributed by atoms with E-state index in [0.29, 0.717) is 6.42 Å². The van der Waals surface area contributed by atoms with Gasteiger partial charge in [-0.1, -0.05) is 42.3 Å². The molecule has 3 aromatic rings. The molecule has 13 heteroatoms. The summed E-state index contributed by atoms with van der Waals surface area (Å²) in [4.78, 5) is 76.9. The van der Waals surface area contributed by atoms with Gasteiger partial charge in [0.2, 0.25) is 0 Å². The molecule has 0 N–H and O–H groups in total. The van der Waals surface area contributed by atoms with E-state index in [0.717, 1.165) is 10.0 Å². The fraction of sp³-hybridized carbons (Fsp3) is 0.194. The molecule has 5 rings (SSSR count). The molecule has 0 radical (unpaired) electrons. The maximum Gasteiger partial charge on any atom is 0.343 e. The number of fused-ring (bicyclic) bond motifs is 1. The summed E-state index contributed by atoms with van der Waals surface area (Å²) in [6, 6.07) is 14.4. The number of nitro benzene ring substituents is 1. The van der Waals surface area contributed by atoms with Crippen molar-refractivity contribution in [2.24, 2.45) is 17.8 Å². The zero-order valence-corrected chi connectivity index (χ0v) is 24.5. The number of allylic oxidation sites excluding steroid dienone is 2. The van der Waals surface area contributed by atoms with E-state index in [2.05, 4.69) is 0 Å². The number of nitrogens with zero attached hydrogens (tertiary/aromatic N) is 3. The molecule has 0 aromatic heterocycles. The molecule has 0 unspecified atom stereocenters. The summed E-state index contributed by atoms with van der Waals surface area (Å²) in [5.41, 5.74) is -0.0564. The Morgan fingerprint density at radius 3 is 2.25 bits per heavy atom. The largest absolute Gasteiger partial charge is 0.423 e. The Hall–Kier alpha value is -4.87. The van der Waals surface area contributed by atoms with E-state index in [1.54, 1.807) is 0 Å². The van der Waals surface area contributed by atoms with Crippen molar-refractivity contribution >= 4 is 58.4 Å². The summed E-state index contributed by atoms with van der Waals surface area (Å²) < 4.78 is 5.30. The van der Waals surface area contributed by atoms with Crippen LogP contribution in [-0.2, 0) is 9.59 Å². The van der Waals surface area contributed by atoms with Crippen molar-refractivity contribution in [3.8, 4) is 5.75 Å². The van der Waals surface area contributed by atoms with Crippen molar-refractivity contribution in [2.45, 2.75) is 13.3 Å². The topological polar surface area (TPSA) is 144 Å². The smallest absolute Gasteiger partial charge is 0.343 e. The predicted octanol–water partition coefficient (Wildman–Crippen LogP) is 5.56. The van der Waals surface area contributed by atoms with Crippen LogP contribution in [0, 0.1) is 27.9 Å². The van der Waals surface area contributed by atoms with Crippen molar-refractivity contribution in [3.63, 3.8) is 0 Å². The van der Waals surface area contributed by atoms with Gasteiger partial charge in [0.1, 0.15) is 12.3 Å². The number of benzene rings is 3. The van der Waals surface area contributed by atoms with E-state index in [-0.39, 0.29) is 44.1 Å². The van der Waals surface area contributed by atoms with Crippen LogP contribution in [0.5, 0.6) is 5.75 Å². The maximum atomic E-state index is 13.8. The molecular formula is C31H23Cl2N3O8. The number of halogens is 2. The fourth-order valence-electron chi connectivity index (χ4n) is 5.23. The Morgan fingerprint density at radius 1 is 0.977 bits per heavy atom. The number of carbonyl (C=O) groups is 5. The van der Waals surface area contributed by atoms with Crippen LogP contribution in [0.4, 0.5) is 5.69 Å². The molecule has 3 aromatic carbocycles. The van der Waals surface area contributed by atoms with Gasteiger partial charge in [-0.15, -0.1) is 0 Å². The number of carbonyl (C=O) groups excluding carboxylic acids is 5. The molecule has 224 valence electrons. The maximum absolute atomic E-state index is 13.8. The Morgan fingerprint density at radius 2 is 1.64 bits per heavy atom. The van der Waals surface area contributed by atoms with Gasteiger partial charge in [0.15, 0.2) is 5.78 Å². The van der Waals surface area contributed by atoms with Gasteiger partial charge >= 0.3 is 5.97 Å². The Bertz CT molecular complexity index is 1720. The quantitative estimate of drug-likeness (QED) is 0.0595. The number of imide groups is 1. The highest BCUT2D eigenvalue weighted by atomic mass is 35.5. The molecule has 11 nitrogen and oxygen atoms in total.